The van der Waals surface area contributed by atoms with Crippen LogP contribution in [0.4, 0.5) is 5.13 Å². The zero-order valence-corrected chi connectivity index (χ0v) is 15.0. The Morgan fingerprint density at radius 2 is 2.04 bits per heavy atom. The predicted octanol–water partition coefficient (Wildman–Crippen LogP) is 3.25. The van der Waals surface area contributed by atoms with Crippen molar-refractivity contribution in [2.75, 3.05) is 5.32 Å². The summed E-state index contributed by atoms with van der Waals surface area (Å²) in [4.78, 5) is 31.6. The number of hydrogen-bond donors (Lipinski definition) is 1. The van der Waals surface area contributed by atoms with E-state index in [9.17, 15) is 9.59 Å². The van der Waals surface area contributed by atoms with Crippen molar-refractivity contribution in [2.45, 2.75) is 25.9 Å². The lowest BCUT2D eigenvalue weighted by Gasteiger charge is -2.35. The summed E-state index contributed by atoms with van der Waals surface area (Å²) in [5.74, 6) is -0.305. The van der Waals surface area contributed by atoms with E-state index in [0.717, 1.165) is 16.8 Å². The second-order valence-corrected chi connectivity index (χ2v) is 7.04. The van der Waals surface area contributed by atoms with Gasteiger partial charge in [-0.25, -0.2) is 4.98 Å². The summed E-state index contributed by atoms with van der Waals surface area (Å²) in [6.45, 7) is 2.24. The Labute approximate surface area is 154 Å². The van der Waals surface area contributed by atoms with Gasteiger partial charge in [0.05, 0.1) is 12.0 Å². The van der Waals surface area contributed by atoms with Crippen molar-refractivity contribution in [3.63, 3.8) is 0 Å². The van der Waals surface area contributed by atoms with Crippen LogP contribution in [-0.4, -0.2) is 27.7 Å². The van der Waals surface area contributed by atoms with Gasteiger partial charge in [0.25, 0.3) is 5.91 Å². The molecule has 0 fully saturated rings. The molecule has 0 radical (unpaired) electrons. The van der Waals surface area contributed by atoms with Crippen LogP contribution in [0.15, 0.2) is 52.5 Å². The molecule has 4 rings (SSSR count). The molecular formula is C19H17N3O3S. The lowest BCUT2D eigenvalue weighted by Crippen LogP contribution is -2.50. The molecule has 2 aromatic heterocycles. The largest absolute Gasteiger partial charge is 0.459 e. The van der Waals surface area contributed by atoms with Crippen LogP contribution in [0.5, 0.6) is 0 Å². The van der Waals surface area contributed by atoms with Crippen molar-refractivity contribution >= 4 is 28.3 Å². The van der Waals surface area contributed by atoms with E-state index in [4.69, 9.17) is 4.42 Å². The Bertz CT molecular complexity index is 949. The van der Waals surface area contributed by atoms with Crippen LogP contribution >= 0.6 is 11.3 Å². The zero-order valence-electron chi connectivity index (χ0n) is 14.1. The van der Waals surface area contributed by atoms with Gasteiger partial charge in [-0.3, -0.25) is 9.59 Å². The number of amides is 2. The highest BCUT2D eigenvalue weighted by atomic mass is 32.1. The first-order chi connectivity index (χ1) is 12.6. The van der Waals surface area contributed by atoms with E-state index in [-0.39, 0.29) is 17.6 Å². The van der Waals surface area contributed by atoms with Gasteiger partial charge < -0.3 is 14.6 Å². The molecular weight excluding hydrogens is 350 g/mol. The summed E-state index contributed by atoms with van der Waals surface area (Å²) in [7, 11) is 0. The van der Waals surface area contributed by atoms with Crippen molar-refractivity contribution in [2.24, 2.45) is 0 Å². The Morgan fingerprint density at radius 1 is 1.23 bits per heavy atom. The van der Waals surface area contributed by atoms with Gasteiger partial charge in [0, 0.05) is 18.3 Å². The number of furan rings is 1. The number of nitrogens with zero attached hydrogens (tertiary/aromatic N) is 2. The molecule has 3 aromatic rings. The number of aryl methyl sites for hydroxylation is 1. The van der Waals surface area contributed by atoms with E-state index in [1.807, 2.05) is 36.6 Å². The van der Waals surface area contributed by atoms with Gasteiger partial charge in [-0.2, -0.15) is 0 Å². The van der Waals surface area contributed by atoms with Crippen LogP contribution in [0.2, 0.25) is 0 Å². The summed E-state index contributed by atoms with van der Waals surface area (Å²) >= 11 is 1.37. The highest BCUT2D eigenvalue weighted by Crippen LogP contribution is 2.26. The maximum Gasteiger partial charge on any atom is 0.290 e. The van der Waals surface area contributed by atoms with Crippen LogP contribution in [0.25, 0.3) is 0 Å². The molecule has 0 saturated heterocycles. The minimum Gasteiger partial charge on any atom is -0.459 e. The maximum atomic E-state index is 12.9. The molecule has 1 aliphatic rings. The molecule has 2 amide bonds. The highest BCUT2D eigenvalue weighted by Gasteiger charge is 2.36. The number of fused-ring (bicyclic) bond motifs is 1. The van der Waals surface area contributed by atoms with Gasteiger partial charge in [-0.1, -0.05) is 24.3 Å². The van der Waals surface area contributed by atoms with Gasteiger partial charge in [-0.15, -0.1) is 11.3 Å². The summed E-state index contributed by atoms with van der Waals surface area (Å²) in [6, 6.07) is 10.5. The Balaban J connectivity index is 1.64. The molecule has 1 atom stereocenters. The second kappa shape index (κ2) is 6.76. The lowest BCUT2D eigenvalue weighted by molar-refractivity contribution is -0.121. The molecule has 1 N–H and O–H groups in total. The molecule has 0 saturated carbocycles. The van der Waals surface area contributed by atoms with Crippen molar-refractivity contribution < 1.29 is 14.0 Å². The molecule has 1 unspecified atom stereocenters. The fourth-order valence-electron chi connectivity index (χ4n) is 3.11. The third-order valence-corrected chi connectivity index (χ3v) is 5.27. The van der Waals surface area contributed by atoms with Crippen molar-refractivity contribution in [1.82, 2.24) is 9.88 Å². The summed E-state index contributed by atoms with van der Waals surface area (Å²) in [6.07, 6.45) is 1.91. The van der Waals surface area contributed by atoms with Gasteiger partial charge in [0.15, 0.2) is 10.9 Å². The Morgan fingerprint density at radius 3 is 2.73 bits per heavy atom. The number of carbonyl (C=O) groups excluding carboxylic acids is 2. The number of aromatic nitrogens is 1. The number of hydrogen-bond acceptors (Lipinski definition) is 5. The van der Waals surface area contributed by atoms with Crippen LogP contribution in [0.3, 0.4) is 0 Å². The Hall–Kier alpha value is -2.93. The van der Waals surface area contributed by atoms with Crippen molar-refractivity contribution in [3.8, 4) is 0 Å². The van der Waals surface area contributed by atoms with E-state index in [1.165, 1.54) is 17.6 Å². The SMILES string of the molecule is Cc1csc(NC(=O)C2Cc3ccccc3CN2C(=O)c2ccco2)n1. The first kappa shape index (κ1) is 16.5. The van der Waals surface area contributed by atoms with Crippen molar-refractivity contribution in [3.05, 3.63) is 70.6 Å². The molecule has 7 heteroatoms. The minimum absolute atomic E-state index is 0.229. The Kier molecular flexibility index (Phi) is 4.30. The number of nitrogens with one attached hydrogen (secondary N) is 1. The van der Waals surface area contributed by atoms with Gasteiger partial charge in [0.1, 0.15) is 6.04 Å². The fraction of sp³-hybridized carbons (Fsp3) is 0.211. The van der Waals surface area contributed by atoms with E-state index in [1.54, 1.807) is 17.0 Å². The number of carbonyl (C=O) groups is 2. The summed E-state index contributed by atoms with van der Waals surface area (Å²) in [5.41, 5.74) is 2.97. The number of anilines is 1. The molecule has 0 aliphatic carbocycles. The molecule has 0 spiro atoms. The summed E-state index contributed by atoms with van der Waals surface area (Å²) < 4.78 is 5.25. The summed E-state index contributed by atoms with van der Waals surface area (Å²) in [5, 5.41) is 5.25. The highest BCUT2D eigenvalue weighted by molar-refractivity contribution is 7.13. The van der Waals surface area contributed by atoms with Gasteiger partial charge in [0.2, 0.25) is 5.91 Å². The first-order valence-corrected chi connectivity index (χ1v) is 9.14. The fourth-order valence-corrected chi connectivity index (χ4v) is 3.80. The van der Waals surface area contributed by atoms with Gasteiger partial charge in [-0.05, 0) is 30.2 Å². The van der Waals surface area contributed by atoms with Crippen molar-refractivity contribution in [1.29, 1.82) is 0 Å². The van der Waals surface area contributed by atoms with Crippen LogP contribution in [0, 0.1) is 6.92 Å². The van der Waals surface area contributed by atoms with E-state index in [2.05, 4.69) is 10.3 Å². The third-order valence-electron chi connectivity index (χ3n) is 4.39. The quantitative estimate of drug-likeness (QED) is 0.771. The number of rotatable bonds is 3. The molecule has 6 nitrogen and oxygen atoms in total. The van der Waals surface area contributed by atoms with E-state index < -0.39 is 6.04 Å². The normalized spacial score (nSPS) is 16.2. The standard InChI is InChI=1S/C19H17N3O3S/c1-12-11-26-19(20-12)21-17(23)15-9-13-5-2-3-6-14(13)10-22(15)18(24)16-7-4-8-25-16/h2-8,11,15H,9-10H2,1H3,(H,20,21,23). The van der Waals surface area contributed by atoms with Crippen LogP contribution in [-0.2, 0) is 17.8 Å². The third kappa shape index (κ3) is 3.13. The first-order valence-electron chi connectivity index (χ1n) is 8.26. The van der Waals surface area contributed by atoms with Crippen LogP contribution < -0.4 is 5.32 Å². The molecule has 0 bridgehead atoms. The molecule has 26 heavy (non-hydrogen) atoms. The molecule has 1 aliphatic heterocycles. The topological polar surface area (TPSA) is 75.4 Å². The molecule has 3 heterocycles. The molecule has 1 aromatic carbocycles. The lowest BCUT2D eigenvalue weighted by atomic mass is 9.93. The minimum atomic E-state index is -0.619. The smallest absolute Gasteiger partial charge is 0.290 e. The van der Waals surface area contributed by atoms with Crippen LogP contribution in [0.1, 0.15) is 27.4 Å². The van der Waals surface area contributed by atoms with E-state index >= 15 is 0 Å². The second-order valence-electron chi connectivity index (χ2n) is 6.18. The number of benzene rings is 1. The maximum absolute atomic E-state index is 12.9. The number of thiazole rings is 1. The van der Waals surface area contributed by atoms with Gasteiger partial charge >= 0.3 is 0 Å². The van der Waals surface area contributed by atoms with E-state index in [0.29, 0.717) is 18.1 Å². The molecule has 132 valence electrons. The zero-order chi connectivity index (χ0) is 18.1. The monoisotopic (exact) mass is 367 g/mol. The predicted molar refractivity (Wildman–Crippen MR) is 98.0 cm³/mol. The average molecular weight is 367 g/mol. The average Bonchev–Trinajstić information content (AvgIpc) is 3.32.